The zero-order valence-corrected chi connectivity index (χ0v) is 13.0. The molecule has 2 aliphatic rings. The van der Waals surface area contributed by atoms with Crippen LogP contribution >= 0.6 is 0 Å². The molecule has 22 heavy (non-hydrogen) atoms. The van der Waals surface area contributed by atoms with Gasteiger partial charge in [-0.05, 0) is 37.7 Å². The number of piperidine rings is 1. The van der Waals surface area contributed by atoms with E-state index in [2.05, 4.69) is 17.4 Å². The van der Waals surface area contributed by atoms with Crippen LogP contribution in [0.4, 0.5) is 0 Å². The van der Waals surface area contributed by atoms with Gasteiger partial charge in [0.15, 0.2) is 0 Å². The van der Waals surface area contributed by atoms with Crippen LogP contribution in [0, 0.1) is 5.92 Å². The summed E-state index contributed by atoms with van der Waals surface area (Å²) in [6.45, 7) is 1.53. The highest BCUT2D eigenvalue weighted by Crippen LogP contribution is 2.29. The van der Waals surface area contributed by atoms with E-state index in [9.17, 15) is 9.59 Å². The minimum atomic E-state index is 0.217. The number of hydrogen-bond donors (Lipinski definition) is 1. The molecule has 1 aliphatic carbocycles. The Morgan fingerprint density at radius 3 is 2.36 bits per heavy atom. The number of nitrogens with one attached hydrogen (secondary N) is 1. The number of benzene rings is 1. The molecule has 2 amide bonds. The Balaban J connectivity index is 1.38. The lowest BCUT2D eigenvalue weighted by Gasteiger charge is -2.32. The van der Waals surface area contributed by atoms with Crippen LogP contribution in [0.25, 0.3) is 0 Å². The summed E-state index contributed by atoms with van der Waals surface area (Å²) < 4.78 is 0. The molecule has 1 aromatic carbocycles. The van der Waals surface area contributed by atoms with Gasteiger partial charge in [0.05, 0.1) is 0 Å². The largest absolute Gasteiger partial charge is 0.353 e. The van der Waals surface area contributed by atoms with E-state index >= 15 is 0 Å². The number of carbonyl (C=O) groups is 2. The van der Waals surface area contributed by atoms with Crippen LogP contribution in [0.2, 0.25) is 0 Å². The maximum atomic E-state index is 12.3. The fourth-order valence-corrected chi connectivity index (χ4v) is 2.99. The molecule has 2 fully saturated rings. The van der Waals surface area contributed by atoms with E-state index in [4.69, 9.17) is 0 Å². The summed E-state index contributed by atoms with van der Waals surface area (Å²) >= 11 is 0. The molecule has 0 aromatic heterocycles. The Hall–Kier alpha value is -1.84. The fourth-order valence-electron chi connectivity index (χ4n) is 2.99. The van der Waals surface area contributed by atoms with Gasteiger partial charge in [-0.1, -0.05) is 30.3 Å². The molecule has 4 nitrogen and oxygen atoms in total. The molecule has 3 rings (SSSR count). The van der Waals surface area contributed by atoms with E-state index in [1.54, 1.807) is 0 Å². The molecule has 118 valence electrons. The van der Waals surface area contributed by atoms with Crippen LogP contribution in [-0.4, -0.2) is 35.8 Å². The average molecular weight is 300 g/mol. The first-order valence-corrected chi connectivity index (χ1v) is 8.34. The van der Waals surface area contributed by atoms with Crippen molar-refractivity contribution in [1.82, 2.24) is 10.2 Å². The number of nitrogens with zero attached hydrogens (tertiary/aromatic N) is 1. The average Bonchev–Trinajstić information content (AvgIpc) is 3.39. The number of aryl methyl sites for hydroxylation is 1. The summed E-state index contributed by atoms with van der Waals surface area (Å²) in [5, 5.41) is 3.12. The van der Waals surface area contributed by atoms with Crippen molar-refractivity contribution in [3.05, 3.63) is 35.9 Å². The first-order valence-electron chi connectivity index (χ1n) is 8.34. The zero-order valence-electron chi connectivity index (χ0n) is 13.0. The smallest absolute Gasteiger partial charge is 0.223 e. The van der Waals surface area contributed by atoms with Crippen LogP contribution < -0.4 is 5.32 Å². The second-order valence-electron chi connectivity index (χ2n) is 6.42. The third kappa shape index (κ3) is 4.09. The summed E-state index contributed by atoms with van der Waals surface area (Å²) in [5.74, 6) is 0.718. The summed E-state index contributed by atoms with van der Waals surface area (Å²) in [5.41, 5.74) is 1.21. The van der Waals surface area contributed by atoms with E-state index in [0.29, 0.717) is 6.42 Å². The maximum absolute atomic E-state index is 12.3. The lowest BCUT2D eigenvalue weighted by Crippen LogP contribution is -2.47. The van der Waals surface area contributed by atoms with Gasteiger partial charge in [-0.3, -0.25) is 9.59 Å². The minimum Gasteiger partial charge on any atom is -0.353 e. The monoisotopic (exact) mass is 300 g/mol. The molecule has 0 atom stereocenters. The Morgan fingerprint density at radius 2 is 1.73 bits per heavy atom. The van der Waals surface area contributed by atoms with Crippen LogP contribution in [0.5, 0.6) is 0 Å². The molecule has 4 heteroatoms. The third-order valence-electron chi connectivity index (χ3n) is 4.61. The second-order valence-corrected chi connectivity index (χ2v) is 6.42. The van der Waals surface area contributed by atoms with Crippen LogP contribution in [0.3, 0.4) is 0 Å². The van der Waals surface area contributed by atoms with Crippen molar-refractivity contribution in [2.24, 2.45) is 5.92 Å². The van der Waals surface area contributed by atoms with Gasteiger partial charge in [0.25, 0.3) is 0 Å². The van der Waals surface area contributed by atoms with Crippen molar-refractivity contribution in [3.8, 4) is 0 Å². The first-order chi connectivity index (χ1) is 10.7. The Morgan fingerprint density at radius 1 is 1.05 bits per heavy atom. The van der Waals surface area contributed by atoms with Crippen molar-refractivity contribution in [3.63, 3.8) is 0 Å². The van der Waals surface area contributed by atoms with Gasteiger partial charge in [-0.2, -0.15) is 0 Å². The topological polar surface area (TPSA) is 49.4 Å². The van der Waals surface area contributed by atoms with Crippen molar-refractivity contribution < 1.29 is 9.59 Å². The molecule has 1 saturated carbocycles. The molecular formula is C18H24N2O2. The van der Waals surface area contributed by atoms with E-state index in [1.165, 1.54) is 5.56 Å². The highest BCUT2D eigenvalue weighted by molar-refractivity contribution is 5.81. The van der Waals surface area contributed by atoms with Crippen LogP contribution in [-0.2, 0) is 16.0 Å². The summed E-state index contributed by atoms with van der Waals surface area (Å²) in [4.78, 5) is 26.0. The molecule has 1 N–H and O–H groups in total. The van der Waals surface area contributed by atoms with Crippen LogP contribution in [0.15, 0.2) is 30.3 Å². The predicted molar refractivity (Wildman–Crippen MR) is 85.2 cm³/mol. The van der Waals surface area contributed by atoms with Crippen molar-refractivity contribution in [2.45, 2.75) is 44.6 Å². The zero-order chi connectivity index (χ0) is 15.4. The minimum absolute atomic E-state index is 0.217. The molecule has 0 spiro atoms. The molecule has 1 saturated heterocycles. The van der Waals surface area contributed by atoms with Crippen molar-refractivity contribution in [2.75, 3.05) is 13.1 Å². The summed E-state index contributed by atoms with van der Waals surface area (Å²) in [7, 11) is 0. The first kappa shape index (κ1) is 15.1. The number of rotatable bonds is 5. The summed E-state index contributed by atoms with van der Waals surface area (Å²) in [6.07, 6.45) is 5.23. The van der Waals surface area contributed by atoms with E-state index < -0.39 is 0 Å². The van der Waals surface area contributed by atoms with Gasteiger partial charge in [0.2, 0.25) is 11.8 Å². The number of likely N-dealkylation sites (tertiary alicyclic amines) is 1. The number of carbonyl (C=O) groups excluding carboxylic acids is 2. The lowest BCUT2D eigenvalue weighted by atomic mass is 10.0. The molecule has 0 radical (unpaired) electrons. The number of hydrogen-bond acceptors (Lipinski definition) is 2. The van der Waals surface area contributed by atoms with Gasteiger partial charge in [0.1, 0.15) is 0 Å². The fraction of sp³-hybridized carbons (Fsp3) is 0.556. The number of amides is 2. The Labute approximate surface area is 131 Å². The second kappa shape index (κ2) is 6.95. The van der Waals surface area contributed by atoms with Gasteiger partial charge in [-0.25, -0.2) is 0 Å². The normalized spacial score (nSPS) is 19.0. The third-order valence-corrected chi connectivity index (χ3v) is 4.61. The Kier molecular flexibility index (Phi) is 4.76. The Bertz CT molecular complexity index is 517. The standard InChI is InChI=1S/C18H24N2O2/c21-17(9-6-14-4-2-1-3-5-14)20-12-10-16(11-13-20)19-18(22)15-7-8-15/h1-5,15-16H,6-13H2,(H,19,22). The molecular weight excluding hydrogens is 276 g/mol. The molecule has 0 unspecified atom stereocenters. The predicted octanol–water partition coefficient (Wildman–Crippen LogP) is 2.14. The molecule has 1 heterocycles. The quantitative estimate of drug-likeness (QED) is 0.905. The molecule has 0 bridgehead atoms. The molecule has 1 aliphatic heterocycles. The van der Waals surface area contributed by atoms with Crippen molar-refractivity contribution in [1.29, 1.82) is 0 Å². The van der Waals surface area contributed by atoms with Gasteiger partial charge in [0, 0.05) is 31.5 Å². The van der Waals surface area contributed by atoms with Gasteiger partial charge in [-0.15, -0.1) is 0 Å². The van der Waals surface area contributed by atoms with Gasteiger partial charge < -0.3 is 10.2 Å². The van der Waals surface area contributed by atoms with Gasteiger partial charge >= 0.3 is 0 Å². The van der Waals surface area contributed by atoms with Crippen LogP contribution in [0.1, 0.15) is 37.7 Å². The summed E-state index contributed by atoms with van der Waals surface area (Å²) in [6, 6.07) is 10.4. The highest BCUT2D eigenvalue weighted by Gasteiger charge is 2.32. The van der Waals surface area contributed by atoms with E-state index in [1.807, 2.05) is 23.1 Å². The van der Waals surface area contributed by atoms with E-state index in [-0.39, 0.29) is 23.8 Å². The highest BCUT2D eigenvalue weighted by atomic mass is 16.2. The van der Waals surface area contributed by atoms with Crippen molar-refractivity contribution >= 4 is 11.8 Å². The lowest BCUT2D eigenvalue weighted by molar-refractivity contribution is -0.132. The SMILES string of the molecule is O=C(NC1CCN(C(=O)CCc2ccccc2)CC1)C1CC1. The van der Waals surface area contributed by atoms with E-state index in [0.717, 1.165) is 45.2 Å². The molecule has 1 aromatic rings. The maximum Gasteiger partial charge on any atom is 0.223 e.